The highest BCUT2D eigenvalue weighted by atomic mass is 16.6. The molecule has 5 heteroatoms. The van der Waals surface area contributed by atoms with Crippen LogP contribution in [0.2, 0.25) is 0 Å². The van der Waals surface area contributed by atoms with E-state index in [-0.39, 0.29) is 17.0 Å². The van der Waals surface area contributed by atoms with Crippen molar-refractivity contribution < 1.29 is 14.8 Å². The topological polar surface area (TPSA) is 80.4 Å². The standard InChI is InChI=1S/C25H33NO4/c1-2-3-4-5-6-7-8-9-10-11-12-20-13-15-21(16-14-20)25(28)23-19-22(26(29)30)17-18-24(23)27/h13-19,27H,2-12H2,1H3. The monoisotopic (exact) mass is 411 g/mol. The van der Waals surface area contributed by atoms with Crippen LogP contribution in [-0.2, 0) is 6.42 Å². The number of aromatic hydroxyl groups is 1. The van der Waals surface area contributed by atoms with Gasteiger partial charge in [-0.3, -0.25) is 14.9 Å². The maximum atomic E-state index is 12.6. The lowest BCUT2D eigenvalue weighted by atomic mass is 9.99. The smallest absolute Gasteiger partial charge is 0.270 e. The van der Waals surface area contributed by atoms with Crippen molar-refractivity contribution in [1.29, 1.82) is 0 Å². The lowest BCUT2D eigenvalue weighted by molar-refractivity contribution is -0.384. The molecule has 0 unspecified atom stereocenters. The van der Waals surface area contributed by atoms with Crippen molar-refractivity contribution in [2.75, 3.05) is 0 Å². The number of hydrogen-bond acceptors (Lipinski definition) is 4. The first kappa shape index (κ1) is 23.6. The summed E-state index contributed by atoms with van der Waals surface area (Å²) in [7, 11) is 0. The molecule has 30 heavy (non-hydrogen) atoms. The van der Waals surface area contributed by atoms with E-state index in [1.807, 2.05) is 12.1 Å². The molecule has 162 valence electrons. The van der Waals surface area contributed by atoms with Crippen molar-refractivity contribution in [3.05, 3.63) is 69.3 Å². The van der Waals surface area contributed by atoms with Crippen LogP contribution in [0.15, 0.2) is 42.5 Å². The third-order valence-electron chi connectivity index (χ3n) is 5.47. The number of nitrogens with zero attached hydrogens (tertiary/aromatic N) is 1. The molecule has 0 amide bonds. The molecule has 0 fully saturated rings. The first-order valence-corrected chi connectivity index (χ1v) is 11.1. The molecular weight excluding hydrogens is 378 g/mol. The SMILES string of the molecule is CCCCCCCCCCCCc1ccc(C(=O)c2cc([N+](=O)[O-])ccc2O)cc1. The first-order chi connectivity index (χ1) is 14.5. The molecular formula is C25H33NO4. The minimum absolute atomic E-state index is 0.0494. The molecule has 0 saturated carbocycles. The summed E-state index contributed by atoms with van der Waals surface area (Å²) in [6.07, 6.45) is 14.0. The Bertz CT molecular complexity index is 814. The third-order valence-corrected chi connectivity index (χ3v) is 5.47. The molecule has 0 aliphatic rings. The zero-order valence-electron chi connectivity index (χ0n) is 17.9. The average molecular weight is 412 g/mol. The van der Waals surface area contributed by atoms with Crippen LogP contribution in [-0.4, -0.2) is 15.8 Å². The molecule has 2 rings (SSSR count). The number of phenolic OH excluding ortho intramolecular Hbond substituents is 1. The van der Waals surface area contributed by atoms with Crippen LogP contribution in [0.1, 0.15) is 92.6 Å². The van der Waals surface area contributed by atoms with Gasteiger partial charge in [-0.25, -0.2) is 0 Å². The van der Waals surface area contributed by atoms with E-state index in [0.717, 1.165) is 18.9 Å². The van der Waals surface area contributed by atoms with E-state index >= 15 is 0 Å². The van der Waals surface area contributed by atoms with Gasteiger partial charge in [-0.15, -0.1) is 0 Å². The van der Waals surface area contributed by atoms with Crippen molar-refractivity contribution in [2.24, 2.45) is 0 Å². The van der Waals surface area contributed by atoms with E-state index in [1.165, 1.54) is 75.5 Å². The van der Waals surface area contributed by atoms with Crippen molar-refractivity contribution in [1.82, 2.24) is 0 Å². The molecule has 2 aromatic carbocycles. The second-order valence-electron chi connectivity index (χ2n) is 7.92. The third kappa shape index (κ3) is 7.62. The number of carbonyl (C=O) groups is 1. The molecule has 0 heterocycles. The van der Waals surface area contributed by atoms with Crippen molar-refractivity contribution in [3.8, 4) is 5.75 Å². The summed E-state index contributed by atoms with van der Waals surface area (Å²) in [6, 6.07) is 10.8. The first-order valence-electron chi connectivity index (χ1n) is 11.1. The lowest BCUT2D eigenvalue weighted by Gasteiger charge is -2.06. The van der Waals surface area contributed by atoms with Crippen LogP contribution in [0.25, 0.3) is 0 Å². The molecule has 1 N–H and O–H groups in total. The van der Waals surface area contributed by atoms with Crippen LogP contribution >= 0.6 is 0 Å². The van der Waals surface area contributed by atoms with Crippen LogP contribution in [0.4, 0.5) is 5.69 Å². The van der Waals surface area contributed by atoms with Gasteiger partial charge in [-0.2, -0.15) is 0 Å². The number of aryl methyl sites for hydroxylation is 1. The lowest BCUT2D eigenvalue weighted by Crippen LogP contribution is -2.03. The maximum absolute atomic E-state index is 12.6. The summed E-state index contributed by atoms with van der Waals surface area (Å²) in [4.78, 5) is 23.0. The molecule has 0 radical (unpaired) electrons. The number of ketones is 1. The second kappa shape index (κ2) is 12.8. The Hall–Kier alpha value is -2.69. The molecule has 0 saturated heterocycles. The van der Waals surface area contributed by atoms with Gasteiger partial charge in [-0.1, -0.05) is 89.0 Å². The summed E-state index contributed by atoms with van der Waals surface area (Å²) in [5.74, 6) is -0.665. The fourth-order valence-corrected chi connectivity index (χ4v) is 3.61. The summed E-state index contributed by atoms with van der Waals surface area (Å²) in [5, 5.41) is 20.8. The molecule has 0 aliphatic heterocycles. The van der Waals surface area contributed by atoms with Crippen molar-refractivity contribution >= 4 is 11.5 Å². The zero-order valence-corrected chi connectivity index (χ0v) is 17.9. The van der Waals surface area contributed by atoms with Crippen molar-refractivity contribution in [2.45, 2.75) is 77.6 Å². The number of benzene rings is 2. The Labute approximate surface area is 179 Å². The minimum Gasteiger partial charge on any atom is -0.507 e. The van der Waals surface area contributed by atoms with E-state index in [1.54, 1.807) is 12.1 Å². The fourth-order valence-electron chi connectivity index (χ4n) is 3.61. The molecule has 0 spiro atoms. The van der Waals surface area contributed by atoms with Crippen LogP contribution in [0.5, 0.6) is 5.75 Å². The summed E-state index contributed by atoms with van der Waals surface area (Å²) in [6.45, 7) is 2.24. The van der Waals surface area contributed by atoms with E-state index < -0.39 is 10.7 Å². The van der Waals surface area contributed by atoms with Gasteiger partial charge in [0.1, 0.15) is 5.75 Å². The molecule has 0 atom stereocenters. The van der Waals surface area contributed by atoms with Gasteiger partial charge in [0.2, 0.25) is 0 Å². The zero-order chi connectivity index (χ0) is 21.8. The summed E-state index contributed by atoms with van der Waals surface area (Å²) in [5.41, 5.74) is 1.33. The minimum atomic E-state index is -0.578. The molecule has 0 bridgehead atoms. The summed E-state index contributed by atoms with van der Waals surface area (Å²) >= 11 is 0. The van der Waals surface area contributed by atoms with Gasteiger partial charge in [-0.05, 0) is 24.5 Å². The highest BCUT2D eigenvalue weighted by Crippen LogP contribution is 2.25. The Balaban J connectivity index is 1.75. The molecule has 2 aromatic rings. The molecule has 5 nitrogen and oxygen atoms in total. The highest BCUT2D eigenvalue weighted by Gasteiger charge is 2.18. The number of unbranched alkanes of at least 4 members (excludes halogenated alkanes) is 9. The fraction of sp³-hybridized carbons (Fsp3) is 0.480. The average Bonchev–Trinajstić information content (AvgIpc) is 2.75. The second-order valence-corrected chi connectivity index (χ2v) is 7.92. The van der Waals surface area contributed by atoms with Crippen LogP contribution in [0.3, 0.4) is 0 Å². The van der Waals surface area contributed by atoms with Gasteiger partial charge in [0, 0.05) is 17.7 Å². The molecule has 0 aromatic heterocycles. The Morgan fingerprint density at radius 2 is 1.43 bits per heavy atom. The Morgan fingerprint density at radius 3 is 2.00 bits per heavy atom. The largest absolute Gasteiger partial charge is 0.507 e. The van der Waals surface area contributed by atoms with Gasteiger partial charge < -0.3 is 5.11 Å². The van der Waals surface area contributed by atoms with Crippen LogP contribution < -0.4 is 0 Å². The quantitative estimate of drug-likeness (QED) is 0.157. The number of nitro benzene ring substituents is 1. The van der Waals surface area contributed by atoms with Gasteiger partial charge in [0.25, 0.3) is 5.69 Å². The molecule has 0 aliphatic carbocycles. The van der Waals surface area contributed by atoms with E-state index in [0.29, 0.717) is 5.56 Å². The van der Waals surface area contributed by atoms with Gasteiger partial charge in [0.05, 0.1) is 10.5 Å². The van der Waals surface area contributed by atoms with Gasteiger partial charge in [0.15, 0.2) is 5.78 Å². The summed E-state index contributed by atoms with van der Waals surface area (Å²) < 4.78 is 0. The number of hydrogen-bond donors (Lipinski definition) is 1. The predicted molar refractivity (Wildman–Crippen MR) is 120 cm³/mol. The number of carbonyl (C=O) groups excluding carboxylic acids is 1. The van der Waals surface area contributed by atoms with Gasteiger partial charge >= 0.3 is 0 Å². The number of nitro groups is 1. The van der Waals surface area contributed by atoms with E-state index in [2.05, 4.69) is 6.92 Å². The Kier molecular flexibility index (Phi) is 10.1. The van der Waals surface area contributed by atoms with Crippen molar-refractivity contribution in [3.63, 3.8) is 0 Å². The van der Waals surface area contributed by atoms with E-state index in [9.17, 15) is 20.0 Å². The highest BCUT2D eigenvalue weighted by molar-refractivity contribution is 6.11. The Morgan fingerprint density at radius 1 is 0.867 bits per heavy atom. The maximum Gasteiger partial charge on any atom is 0.270 e. The normalized spacial score (nSPS) is 10.8. The number of phenols is 1. The number of rotatable bonds is 14. The number of non-ortho nitro benzene ring substituents is 1. The predicted octanol–water partition coefficient (Wildman–Crippen LogP) is 6.99. The van der Waals surface area contributed by atoms with Crippen LogP contribution in [0, 0.1) is 10.1 Å². The van der Waals surface area contributed by atoms with E-state index in [4.69, 9.17) is 0 Å².